The summed E-state index contributed by atoms with van der Waals surface area (Å²) in [6.07, 6.45) is 4.93. The van der Waals surface area contributed by atoms with Crippen molar-refractivity contribution in [1.29, 1.82) is 0 Å². The quantitative estimate of drug-likeness (QED) is 0.646. The Labute approximate surface area is 185 Å². The molecule has 2 heterocycles. The van der Waals surface area contributed by atoms with E-state index < -0.39 is 0 Å². The third kappa shape index (κ3) is 3.43. The van der Waals surface area contributed by atoms with E-state index in [1.165, 1.54) is 41.5 Å². The highest BCUT2D eigenvalue weighted by Gasteiger charge is 2.39. The molecular formula is C26H33NO4. The number of nitrogens with zero attached hydrogens (tertiary/aromatic N) is 1. The van der Waals surface area contributed by atoms with Gasteiger partial charge in [-0.2, -0.15) is 0 Å². The molecule has 5 rings (SSSR count). The zero-order valence-corrected chi connectivity index (χ0v) is 19.1. The fourth-order valence-corrected chi connectivity index (χ4v) is 5.58. The second kappa shape index (κ2) is 8.27. The second-order valence-corrected chi connectivity index (χ2v) is 9.13. The molecule has 2 aromatic rings. The standard InChI is InChI=1S/C26H33NO4/c1-16-19-8-9-22(28-2)26(30-4)21(19)14-27-11-10-18-12-24(31-15-17-6-5-7-17)23(29-3)13-20(18)25(16)27/h8-9,12-13,16-17,25H,5-7,10-11,14-15H2,1-4H3/t16-,25+/m0/s1. The lowest BCUT2D eigenvalue weighted by molar-refractivity contribution is 0.135. The van der Waals surface area contributed by atoms with Gasteiger partial charge in [-0.1, -0.05) is 19.4 Å². The van der Waals surface area contributed by atoms with Gasteiger partial charge in [0.15, 0.2) is 23.0 Å². The van der Waals surface area contributed by atoms with Gasteiger partial charge in [-0.25, -0.2) is 0 Å². The Morgan fingerprint density at radius 2 is 1.74 bits per heavy atom. The lowest BCUT2D eigenvalue weighted by Gasteiger charge is -2.45. The Kier molecular flexibility index (Phi) is 5.47. The molecule has 1 saturated carbocycles. The average Bonchev–Trinajstić information content (AvgIpc) is 2.76. The van der Waals surface area contributed by atoms with Gasteiger partial charge >= 0.3 is 0 Å². The van der Waals surface area contributed by atoms with E-state index in [0.29, 0.717) is 17.9 Å². The number of ether oxygens (including phenoxy) is 4. The highest BCUT2D eigenvalue weighted by molar-refractivity contribution is 5.56. The van der Waals surface area contributed by atoms with Crippen molar-refractivity contribution in [1.82, 2.24) is 4.90 Å². The fourth-order valence-electron chi connectivity index (χ4n) is 5.58. The van der Waals surface area contributed by atoms with Gasteiger partial charge in [-0.15, -0.1) is 0 Å². The van der Waals surface area contributed by atoms with E-state index in [2.05, 4.69) is 30.0 Å². The van der Waals surface area contributed by atoms with E-state index in [9.17, 15) is 0 Å². The molecule has 166 valence electrons. The van der Waals surface area contributed by atoms with Crippen molar-refractivity contribution < 1.29 is 18.9 Å². The molecular weight excluding hydrogens is 390 g/mol. The number of rotatable bonds is 6. The van der Waals surface area contributed by atoms with Crippen molar-refractivity contribution in [2.45, 2.75) is 51.1 Å². The molecule has 5 nitrogen and oxygen atoms in total. The van der Waals surface area contributed by atoms with Crippen LogP contribution in [0.2, 0.25) is 0 Å². The van der Waals surface area contributed by atoms with Gasteiger partial charge in [-0.05, 0) is 60.1 Å². The molecule has 0 spiro atoms. The third-order valence-corrected chi connectivity index (χ3v) is 7.52. The first-order valence-corrected chi connectivity index (χ1v) is 11.5. The molecule has 0 aromatic heterocycles. The maximum Gasteiger partial charge on any atom is 0.165 e. The number of methoxy groups -OCH3 is 3. The van der Waals surface area contributed by atoms with E-state index in [-0.39, 0.29) is 0 Å². The Bertz CT molecular complexity index is 968. The van der Waals surface area contributed by atoms with Crippen LogP contribution < -0.4 is 18.9 Å². The van der Waals surface area contributed by atoms with Crippen LogP contribution in [0.5, 0.6) is 23.0 Å². The fraction of sp³-hybridized carbons (Fsp3) is 0.538. The molecule has 3 aliphatic rings. The van der Waals surface area contributed by atoms with E-state index in [1.807, 2.05) is 6.07 Å². The van der Waals surface area contributed by atoms with Crippen molar-refractivity contribution >= 4 is 0 Å². The molecule has 2 aromatic carbocycles. The molecule has 5 heteroatoms. The van der Waals surface area contributed by atoms with Crippen molar-refractivity contribution in [3.8, 4) is 23.0 Å². The van der Waals surface area contributed by atoms with Crippen LogP contribution >= 0.6 is 0 Å². The highest BCUT2D eigenvalue weighted by atomic mass is 16.5. The van der Waals surface area contributed by atoms with Crippen LogP contribution in [-0.4, -0.2) is 39.4 Å². The monoisotopic (exact) mass is 423 g/mol. The molecule has 31 heavy (non-hydrogen) atoms. The van der Waals surface area contributed by atoms with Gasteiger partial charge in [0.2, 0.25) is 0 Å². The summed E-state index contributed by atoms with van der Waals surface area (Å²) in [5.41, 5.74) is 5.35. The van der Waals surface area contributed by atoms with E-state index in [0.717, 1.165) is 49.1 Å². The summed E-state index contributed by atoms with van der Waals surface area (Å²) < 4.78 is 23.3. The van der Waals surface area contributed by atoms with Crippen LogP contribution in [0.15, 0.2) is 24.3 Å². The minimum Gasteiger partial charge on any atom is -0.493 e. The average molecular weight is 424 g/mol. The smallest absolute Gasteiger partial charge is 0.165 e. The predicted molar refractivity (Wildman–Crippen MR) is 121 cm³/mol. The van der Waals surface area contributed by atoms with Crippen molar-refractivity contribution in [3.05, 3.63) is 46.5 Å². The zero-order valence-electron chi connectivity index (χ0n) is 19.1. The molecule has 2 atom stereocenters. The third-order valence-electron chi connectivity index (χ3n) is 7.52. The van der Waals surface area contributed by atoms with Gasteiger partial charge < -0.3 is 18.9 Å². The molecule has 1 aliphatic carbocycles. The van der Waals surface area contributed by atoms with E-state index >= 15 is 0 Å². The Morgan fingerprint density at radius 1 is 0.935 bits per heavy atom. The summed E-state index contributed by atoms with van der Waals surface area (Å²) in [5.74, 6) is 4.47. The highest BCUT2D eigenvalue weighted by Crippen LogP contribution is 2.51. The van der Waals surface area contributed by atoms with Crippen LogP contribution in [0, 0.1) is 5.92 Å². The molecule has 0 N–H and O–H groups in total. The zero-order chi connectivity index (χ0) is 21.5. The van der Waals surface area contributed by atoms with Gasteiger partial charge in [-0.3, -0.25) is 4.90 Å². The summed E-state index contributed by atoms with van der Waals surface area (Å²) in [4.78, 5) is 2.58. The molecule has 0 saturated heterocycles. The molecule has 0 amide bonds. The Balaban J connectivity index is 1.50. The normalized spacial score (nSPS) is 22.6. The Hall–Kier alpha value is -2.40. The van der Waals surface area contributed by atoms with Crippen molar-refractivity contribution in [2.24, 2.45) is 5.92 Å². The minimum atomic E-state index is 0.323. The number of fused-ring (bicyclic) bond motifs is 4. The molecule has 0 radical (unpaired) electrons. The van der Waals surface area contributed by atoms with Gasteiger partial charge in [0, 0.05) is 30.6 Å². The molecule has 0 bridgehead atoms. The van der Waals surface area contributed by atoms with Gasteiger partial charge in [0.25, 0.3) is 0 Å². The lowest BCUT2D eigenvalue weighted by atomic mass is 9.77. The minimum absolute atomic E-state index is 0.323. The lowest BCUT2D eigenvalue weighted by Crippen LogP contribution is -2.41. The SMILES string of the molecule is COc1cc2c(cc1OCC1CCC1)CCN1Cc3c(ccc(OC)c3OC)[C@H](C)[C@H]21. The van der Waals surface area contributed by atoms with Crippen molar-refractivity contribution in [2.75, 3.05) is 34.5 Å². The summed E-state index contributed by atoms with van der Waals surface area (Å²) in [6, 6.07) is 9.03. The largest absolute Gasteiger partial charge is 0.493 e. The van der Waals surface area contributed by atoms with Gasteiger partial charge in [0.05, 0.1) is 27.9 Å². The number of hydrogen-bond donors (Lipinski definition) is 0. The second-order valence-electron chi connectivity index (χ2n) is 9.13. The number of hydrogen-bond acceptors (Lipinski definition) is 5. The summed E-state index contributed by atoms with van der Waals surface area (Å²) in [6.45, 7) is 5.02. The maximum atomic E-state index is 6.20. The summed E-state index contributed by atoms with van der Waals surface area (Å²) in [7, 11) is 5.18. The first-order valence-electron chi connectivity index (χ1n) is 11.5. The molecule has 1 fully saturated rings. The predicted octanol–water partition coefficient (Wildman–Crippen LogP) is 5.11. The number of benzene rings is 2. The summed E-state index contributed by atoms with van der Waals surface area (Å²) in [5, 5.41) is 0. The van der Waals surface area contributed by atoms with Gasteiger partial charge in [0.1, 0.15) is 0 Å². The molecule has 2 aliphatic heterocycles. The maximum absolute atomic E-state index is 6.20. The van der Waals surface area contributed by atoms with Crippen molar-refractivity contribution in [3.63, 3.8) is 0 Å². The van der Waals surface area contributed by atoms with Crippen LogP contribution in [-0.2, 0) is 13.0 Å². The molecule has 0 unspecified atom stereocenters. The van der Waals surface area contributed by atoms with Crippen LogP contribution in [0.25, 0.3) is 0 Å². The van der Waals surface area contributed by atoms with E-state index in [1.54, 1.807) is 21.3 Å². The summed E-state index contributed by atoms with van der Waals surface area (Å²) >= 11 is 0. The topological polar surface area (TPSA) is 40.2 Å². The first-order chi connectivity index (χ1) is 15.1. The van der Waals surface area contributed by atoms with E-state index in [4.69, 9.17) is 18.9 Å². The Morgan fingerprint density at radius 3 is 2.42 bits per heavy atom. The van der Waals surface area contributed by atoms with Crippen LogP contribution in [0.4, 0.5) is 0 Å². The van der Waals surface area contributed by atoms with Crippen LogP contribution in [0.3, 0.4) is 0 Å². The first kappa shape index (κ1) is 20.5. The van der Waals surface area contributed by atoms with Crippen LogP contribution in [0.1, 0.15) is 60.4 Å².